The number of carbonyl (C=O) groups is 3. The summed E-state index contributed by atoms with van der Waals surface area (Å²) in [6.45, 7) is 2.97. The molecule has 0 atom stereocenters. The maximum Gasteiger partial charge on any atom is 0.454 e. The minimum Gasteiger partial charge on any atom is -0.512 e. The SMILES string of the molecule is C/C(O)=C/C(=O)C(F)(F)F.C/C(O)=C/C(=O)C(F)(F)F.C/C(O)=C/C(=O)C(F)(F)F.[Nd]. The van der Waals surface area contributed by atoms with Crippen LogP contribution >= 0.6 is 0 Å². The van der Waals surface area contributed by atoms with Crippen LogP contribution in [-0.4, -0.2) is 51.2 Å². The molecule has 16 heteroatoms. The van der Waals surface area contributed by atoms with Gasteiger partial charge < -0.3 is 15.3 Å². The van der Waals surface area contributed by atoms with Crippen LogP contribution in [0.5, 0.6) is 0 Å². The van der Waals surface area contributed by atoms with Gasteiger partial charge in [0.05, 0.1) is 17.3 Å². The summed E-state index contributed by atoms with van der Waals surface area (Å²) in [5, 5.41) is 24.7. The Labute approximate surface area is 201 Å². The van der Waals surface area contributed by atoms with Crippen LogP contribution in [0.1, 0.15) is 20.8 Å². The van der Waals surface area contributed by atoms with E-state index in [1.165, 1.54) is 0 Å². The fourth-order valence-corrected chi connectivity index (χ4v) is 0.815. The molecule has 6 nitrogen and oxygen atoms in total. The molecule has 0 heterocycles. The van der Waals surface area contributed by atoms with Crippen LogP contribution in [0, 0.1) is 40.8 Å². The van der Waals surface area contributed by atoms with Crippen LogP contribution < -0.4 is 0 Å². The van der Waals surface area contributed by atoms with Gasteiger partial charge in [0.15, 0.2) is 0 Å². The van der Waals surface area contributed by atoms with Gasteiger partial charge in [0.2, 0.25) is 0 Å². The first-order valence-corrected chi connectivity index (χ1v) is 6.97. The predicted octanol–water partition coefficient (Wildman–Crippen LogP) is 4.74. The molecule has 0 unspecified atom stereocenters. The van der Waals surface area contributed by atoms with Gasteiger partial charge >= 0.3 is 18.5 Å². The summed E-state index contributed by atoms with van der Waals surface area (Å²) in [7, 11) is 0. The topological polar surface area (TPSA) is 112 Å². The second kappa shape index (κ2) is 15.2. The van der Waals surface area contributed by atoms with Crippen LogP contribution in [0.15, 0.2) is 35.5 Å². The molecule has 0 amide bonds. The van der Waals surface area contributed by atoms with Crippen LogP contribution in [0.4, 0.5) is 39.5 Å². The summed E-state index contributed by atoms with van der Waals surface area (Å²) in [5.74, 6) is -8.10. The molecule has 0 aromatic carbocycles. The quantitative estimate of drug-likeness (QED) is 0.243. The van der Waals surface area contributed by atoms with E-state index in [9.17, 15) is 53.9 Å². The van der Waals surface area contributed by atoms with E-state index in [-0.39, 0.29) is 59.1 Å². The van der Waals surface area contributed by atoms with Gasteiger partial charge in [-0.1, -0.05) is 0 Å². The van der Waals surface area contributed by atoms with Gasteiger partial charge in [-0.2, -0.15) is 39.5 Å². The van der Waals surface area contributed by atoms with E-state index in [0.29, 0.717) is 0 Å². The first kappa shape index (κ1) is 36.7. The van der Waals surface area contributed by atoms with Crippen molar-refractivity contribution in [2.75, 3.05) is 0 Å². The number of halogens is 9. The minimum atomic E-state index is -4.88. The molecule has 0 saturated carbocycles. The zero-order chi connectivity index (χ0) is 25.1. The van der Waals surface area contributed by atoms with E-state index in [2.05, 4.69) is 0 Å². The molecule has 0 saturated heterocycles. The molecule has 0 aliphatic carbocycles. The number of carbonyl (C=O) groups excluding carboxylic acids is 3. The Morgan fingerprint density at radius 1 is 0.516 bits per heavy atom. The summed E-state index contributed by atoms with van der Waals surface area (Å²) in [5.41, 5.74) is 0. The third-order valence-corrected chi connectivity index (χ3v) is 1.86. The minimum absolute atomic E-state index is 0. The second-order valence-electron chi connectivity index (χ2n) is 4.94. The van der Waals surface area contributed by atoms with Crippen molar-refractivity contribution in [3.05, 3.63) is 35.5 Å². The van der Waals surface area contributed by atoms with E-state index in [1.54, 1.807) is 0 Å². The molecule has 178 valence electrons. The van der Waals surface area contributed by atoms with E-state index in [1.807, 2.05) is 0 Å². The molecule has 0 spiro atoms. The molecule has 0 aromatic heterocycles. The van der Waals surface area contributed by atoms with Crippen molar-refractivity contribution in [1.29, 1.82) is 0 Å². The fourth-order valence-electron chi connectivity index (χ4n) is 0.815. The van der Waals surface area contributed by atoms with E-state index < -0.39 is 53.2 Å². The second-order valence-corrected chi connectivity index (χ2v) is 4.94. The van der Waals surface area contributed by atoms with Gasteiger partial charge in [0, 0.05) is 59.1 Å². The van der Waals surface area contributed by atoms with Gasteiger partial charge in [-0.3, -0.25) is 14.4 Å². The molecule has 0 aromatic rings. The smallest absolute Gasteiger partial charge is 0.454 e. The van der Waals surface area contributed by atoms with Crippen molar-refractivity contribution in [2.45, 2.75) is 39.3 Å². The van der Waals surface area contributed by atoms with Crippen LogP contribution in [0.25, 0.3) is 0 Å². The molecular formula is C15H15F9NdO6. The number of ketones is 3. The maximum atomic E-state index is 11.3. The summed E-state index contributed by atoms with van der Waals surface area (Å²) in [6, 6.07) is 0. The van der Waals surface area contributed by atoms with Gasteiger partial charge in [-0.05, 0) is 20.8 Å². The Bertz CT molecular complexity index is 594. The average Bonchev–Trinajstić information content (AvgIpc) is 2.43. The third kappa shape index (κ3) is 24.5. The largest absolute Gasteiger partial charge is 0.512 e. The number of aliphatic hydroxyl groups is 3. The molecule has 0 rings (SSSR count). The summed E-state index contributed by atoms with van der Waals surface area (Å²) in [6.07, 6.45) is -14.3. The van der Waals surface area contributed by atoms with Crippen molar-refractivity contribution in [3.63, 3.8) is 0 Å². The summed E-state index contributed by atoms with van der Waals surface area (Å²) >= 11 is 0. The number of alkyl halides is 9. The molecule has 31 heavy (non-hydrogen) atoms. The molecule has 0 aliphatic rings. The Kier molecular flexibility index (Phi) is 18.0. The van der Waals surface area contributed by atoms with Gasteiger partial charge in [0.25, 0.3) is 17.3 Å². The van der Waals surface area contributed by atoms with Crippen molar-refractivity contribution < 1.29 is 110 Å². The number of rotatable bonds is 3. The molecule has 0 fully saturated rings. The summed E-state index contributed by atoms with van der Waals surface area (Å²) < 4.78 is 102. The molecule has 0 aliphatic heterocycles. The van der Waals surface area contributed by atoms with E-state index in [4.69, 9.17) is 15.3 Å². The van der Waals surface area contributed by atoms with Gasteiger partial charge in [-0.25, -0.2) is 0 Å². The van der Waals surface area contributed by atoms with E-state index in [0.717, 1.165) is 20.8 Å². The van der Waals surface area contributed by atoms with Crippen molar-refractivity contribution in [2.24, 2.45) is 0 Å². The van der Waals surface area contributed by atoms with Gasteiger partial charge in [-0.15, -0.1) is 0 Å². The zero-order valence-corrected chi connectivity index (χ0v) is 18.9. The summed E-state index contributed by atoms with van der Waals surface area (Å²) in [4.78, 5) is 29.7. The Hall–Kier alpha value is -1.65. The van der Waals surface area contributed by atoms with Crippen LogP contribution in [-0.2, 0) is 14.4 Å². The molecule has 0 radical (unpaired) electrons. The first-order valence-electron chi connectivity index (χ1n) is 6.97. The number of aliphatic hydroxyl groups excluding tert-OH is 3. The van der Waals surface area contributed by atoms with Crippen LogP contribution in [0.3, 0.4) is 0 Å². The Morgan fingerprint density at radius 3 is 0.677 bits per heavy atom. The van der Waals surface area contributed by atoms with Gasteiger partial charge in [0.1, 0.15) is 0 Å². The molecule has 3 N–H and O–H groups in total. The predicted molar refractivity (Wildman–Crippen MR) is 82.3 cm³/mol. The fraction of sp³-hybridized carbons (Fsp3) is 0.400. The first-order chi connectivity index (χ1) is 13.0. The Morgan fingerprint density at radius 2 is 0.645 bits per heavy atom. The normalized spacial score (nSPS) is 13.0. The average molecular weight is 607 g/mol. The monoisotopic (exact) mass is 604 g/mol. The number of allylic oxidation sites excluding steroid dienone is 6. The third-order valence-electron chi connectivity index (χ3n) is 1.86. The number of hydrogen-bond acceptors (Lipinski definition) is 6. The van der Waals surface area contributed by atoms with Crippen molar-refractivity contribution >= 4 is 17.3 Å². The van der Waals surface area contributed by atoms with Crippen molar-refractivity contribution in [3.8, 4) is 0 Å². The zero-order valence-electron chi connectivity index (χ0n) is 15.7. The Balaban J connectivity index is -0.000000174. The standard InChI is InChI=1S/3C5H5F3O2.Nd/c3*1-3(9)2-4(10)5(6,7)8;/h3*2,9H,1H3;/b3*3-2-;. The molecule has 0 bridgehead atoms. The van der Waals surface area contributed by atoms with E-state index >= 15 is 0 Å². The number of hydrogen-bond donors (Lipinski definition) is 3. The molecular weight excluding hydrogens is 591 g/mol. The van der Waals surface area contributed by atoms with Crippen molar-refractivity contribution in [1.82, 2.24) is 0 Å². The maximum absolute atomic E-state index is 11.3. The van der Waals surface area contributed by atoms with Crippen LogP contribution in [0.2, 0.25) is 0 Å².